The second-order valence-corrected chi connectivity index (χ2v) is 6.19. The molecule has 0 aliphatic carbocycles. The Balaban J connectivity index is 1.93. The van der Waals surface area contributed by atoms with Crippen molar-refractivity contribution in [3.8, 4) is 0 Å². The van der Waals surface area contributed by atoms with Crippen LogP contribution in [-0.4, -0.2) is 41.5 Å². The highest BCUT2D eigenvalue weighted by atomic mass is 16.5. The normalized spacial score (nSPS) is 10.8. The smallest absolute Gasteiger partial charge is 0.292 e. The number of ether oxygens (including phenoxy) is 1. The molecule has 0 saturated carbocycles. The van der Waals surface area contributed by atoms with Gasteiger partial charge in [-0.1, -0.05) is 18.2 Å². The van der Waals surface area contributed by atoms with E-state index in [2.05, 4.69) is 15.6 Å². The Morgan fingerprint density at radius 2 is 1.93 bits per heavy atom. The maximum atomic E-state index is 12.8. The van der Waals surface area contributed by atoms with Crippen LogP contribution in [-0.2, 0) is 4.74 Å². The van der Waals surface area contributed by atoms with E-state index >= 15 is 0 Å². The third-order valence-corrected chi connectivity index (χ3v) is 4.41. The second-order valence-electron chi connectivity index (χ2n) is 6.19. The summed E-state index contributed by atoms with van der Waals surface area (Å²) in [6, 6.07) is 11.1. The molecule has 1 aromatic carbocycles. The topological polar surface area (TPSA) is 84.7 Å². The van der Waals surface area contributed by atoms with Gasteiger partial charge in [0.15, 0.2) is 5.69 Å². The number of benzene rings is 1. The number of anilines is 1. The number of hydrogen-bond acceptors (Lipinski definition) is 4. The van der Waals surface area contributed by atoms with Crippen molar-refractivity contribution in [3.63, 3.8) is 0 Å². The van der Waals surface area contributed by atoms with E-state index in [9.17, 15) is 9.59 Å². The van der Waals surface area contributed by atoms with Gasteiger partial charge in [0.1, 0.15) is 0 Å². The zero-order valence-electron chi connectivity index (χ0n) is 15.6. The summed E-state index contributed by atoms with van der Waals surface area (Å²) in [6.07, 6.45) is 1.71. The lowest BCUT2D eigenvalue weighted by Gasteiger charge is -2.09. The molecule has 7 nitrogen and oxygen atoms in total. The minimum atomic E-state index is -0.374. The van der Waals surface area contributed by atoms with Gasteiger partial charge in [0.2, 0.25) is 5.82 Å². The standard InChI is InChI=1S/C20H22N4O3/c1-13-7-6-8-15(14(13)2)22-20(26)18-23-17(19(25)21-10-12-27-3)16-9-4-5-11-24(16)18/h4-9,11H,10,12H2,1-3H3,(H,21,25)(H,22,26). The average molecular weight is 366 g/mol. The molecule has 2 aromatic heterocycles. The molecule has 0 radical (unpaired) electrons. The first kappa shape index (κ1) is 18.6. The van der Waals surface area contributed by atoms with Crippen molar-refractivity contribution in [1.82, 2.24) is 14.7 Å². The van der Waals surface area contributed by atoms with Crippen molar-refractivity contribution in [1.29, 1.82) is 0 Å². The number of fused-ring (bicyclic) bond motifs is 1. The van der Waals surface area contributed by atoms with Gasteiger partial charge in [0, 0.05) is 25.5 Å². The Hall–Kier alpha value is -3.19. The van der Waals surface area contributed by atoms with Gasteiger partial charge in [-0.3, -0.25) is 14.0 Å². The number of carbonyl (C=O) groups is 2. The molecule has 7 heteroatoms. The van der Waals surface area contributed by atoms with Crippen LogP contribution in [0.5, 0.6) is 0 Å². The van der Waals surface area contributed by atoms with Crippen molar-refractivity contribution >= 4 is 23.0 Å². The number of aryl methyl sites for hydroxylation is 1. The van der Waals surface area contributed by atoms with E-state index in [1.807, 2.05) is 32.0 Å². The van der Waals surface area contributed by atoms with E-state index < -0.39 is 0 Å². The Morgan fingerprint density at radius 3 is 2.70 bits per heavy atom. The van der Waals surface area contributed by atoms with Crippen LogP contribution in [0.2, 0.25) is 0 Å². The van der Waals surface area contributed by atoms with Gasteiger partial charge in [0.05, 0.1) is 12.1 Å². The van der Waals surface area contributed by atoms with Crippen LogP contribution in [0.3, 0.4) is 0 Å². The first-order valence-electron chi connectivity index (χ1n) is 8.64. The number of hydrogen-bond donors (Lipinski definition) is 2. The van der Waals surface area contributed by atoms with Gasteiger partial charge in [-0.25, -0.2) is 4.98 Å². The van der Waals surface area contributed by atoms with Crippen molar-refractivity contribution in [2.24, 2.45) is 0 Å². The summed E-state index contributed by atoms with van der Waals surface area (Å²) in [6.45, 7) is 4.70. The van der Waals surface area contributed by atoms with Crippen LogP contribution in [0.1, 0.15) is 32.2 Å². The highest BCUT2D eigenvalue weighted by Gasteiger charge is 2.21. The Bertz CT molecular complexity index is 994. The summed E-state index contributed by atoms with van der Waals surface area (Å²) in [4.78, 5) is 29.6. The molecule has 140 valence electrons. The summed E-state index contributed by atoms with van der Waals surface area (Å²) in [5.74, 6) is -0.564. The highest BCUT2D eigenvalue weighted by molar-refractivity contribution is 6.06. The van der Waals surface area contributed by atoms with Gasteiger partial charge in [-0.15, -0.1) is 0 Å². The molecule has 0 spiro atoms. The lowest BCUT2D eigenvalue weighted by molar-refractivity contribution is 0.0934. The largest absolute Gasteiger partial charge is 0.383 e. The maximum Gasteiger partial charge on any atom is 0.292 e. The molecule has 3 rings (SSSR count). The van der Waals surface area contributed by atoms with Gasteiger partial charge in [0.25, 0.3) is 11.8 Å². The summed E-state index contributed by atoms with van der Waals surface area (Å²) in [5.41, 5.74) is 3.57. The first-order chi connectivity index (χ1) is 13.0. The molecule has 2 amide bonds. The number of methoxy groups -OCH3 is 1. The highest BCUT2D eigenvalue weighted by Crippen LogP contribution is 2.20. The maximum absolute atomic E-state index is 12.8. The Labute approximate surface area is 157 Å². The predicted molar refractivity (Wildman–Crippen MR) is 103 cm³/mol. The van der Waals surface area contributed by atoms with Crippen LogP contribution < -0.4 is 10.6 Å². The summed E-state index contributed by atoms with van der Waals surface area (Å²) in [7, 11) is 1.56. The summed E-state index contributed by atoms with van der Waals surface area (Å²) >= 11 is 0. The monoisotopic (exact) mass is 366 g/mol. The number of rotatable bonds is 6. The van der Waals surface area contributed by atoms with E-state index in [1.54, 1.807) is 35.9 Å². The SMILES string of the molecule is COCCNC(=O)c1nc(C(=O)Nc2cccc(C)c2C)n2ccccc12. The summed E-state index contributed by atoms with van der Waals surface area (Å²) < 4.78 is 6.56. The molecule has 0 atom stereocenters. The number of imidazole rings is 1. The minimum absolute atomic E-state index is 0.156. The number of pyridine rings is 1. The molecule has 2 heterocycles. The van der Waals surface area contributed by atoms with Gasteiger partial charge in [-0.2, -0.15) is 0 Å². The quantitative estimate of drug-likeness (QED) is 0.657. The Kier molecular flexibility index (Phi) is 5.52. The fourth-order valence-electron chi connectivity index (χ4n) is 2.78. The van der Waals surface area contributed by atoms with E-state index in [1.165, 1.54) is 0 Å². The third kappa shape index (κ3) is 3.83. The molecule has 0 aliphatic rings. The van der Waals surface area contributed by atoms with Crippen LogP contribution in [0.15, 0.2) is 42.6 Å². The molecule has 0 bridgehead atoms. The lowest BCUT2D eigenvalue weighted by Crippen LogP contribution is -2.27. The zero-order chi connectivity index (χ0) is 19.4. The average Bonchev–Trinajstić information content (AvgIpc) is 3.05. The molecule has 0 unspecified atom stereocenters. The van der Waals surface area contributed by atoms with Crippen molar-refractivity contribution in [2.45, 2.75) is 13.8 Å². The molecular formula is C20H22N4O3. The molecule has 0 saturated heterocycles. The van der Waals surface area contributed by atoms with Crippen LogP contribution >= 0.6 is 0 Å². The number of nitrogens with one attached hydrogen (secondary N) is 2. The van der Waals surface area contributed by atoms with Gasteiger partial charge < -0.3 is 15.4 Å². The predicted octanol–water partition coefficient (Wildman–Crippen LogP) is 2.58. The molecule has 0 fully saturated rings. The number of carbonyl (C=O) groups excluding carboxylic acids is 2. The van der Waals surface area contributed by atoms with E-state index in [0.29, 0.717) is 18.7 Å². The van der Waals surface area contributed by atoms with Gasteiger partial charge in [-0.05, 0) is 43.2 Å². The molecule has 0 aliphatic heterocycles. The third-order valence-electron chi connectivity index (χ3n) is 4.41. The van der Waals surface area contributed by atoms with Crippen molar-refractivity contribution in [3.05, 3.63) is 65.2 Å². The van der Waals surface area contributed by atoms with Crippen LogP contribution in [0.25, 0.3) is 5.52 Å². The van der Waals surface area contributed by atoms with E-state index in [4.69, 9.17) is 4.74 Å². The van der Waals surface area contributed by atoms with Crippen molar-refractivity contribution in [2.75, 3.05) is 25.6 Å². The zero-order valence-corrected chi connectivity index (χ0v) is 15.6. The summed E-state index contributed by atoms with van der Waals surface area (Å²) in [5, 5.41) is 5.63. The Morgan fingerprint density at radius 1 is 1.11 bits per heavy atom. The lowest BCUT2D eigenvalue weighted by atomic mass is 10.1. The molecular weight excluding hydrogens is 344 g/mol. The van der Waals surface area contributed by atoms with Crippen LogP contribution in [0.4, 0.5) is 5.69 Å². The molecule has 27 heavy (non-hydrogen) atoms. The first-order valence-corrected chi connectivity index (χ1v) is 8.64. The second kappa shape index (κ2) is 8.01. The fraction of sp³-hybridized carbons (Fsp3) is 0.250. The van der Waals surface area contributed by atoms with E-state index in [0.717, 1.165) is 16.8 Å². The van der Waals surface area contributed by atoms with E-state index in [-0.39, 0.29) is 23.3 Å². The number of nitrogens with zero attached hydrogens (tertiary/aromatic N) is 2. The van der Waals surface area contributed by atoms with Gasteiger partial charge >= 0.3 is 0 Å². The fourth-order valence-corrected chi connectivity index (χ4v) is 2.78. The minimum Gasteiger partial charge on any atom is -0.383 e. The molecule has 2 N–H and O–H groups in total. The molecule has 3 aromatic rings. The van der Waals surface area contributed by atoms with Crippen molar-refractivity contribution < 1.29 is 14.3 Å². The van der Waals surface area contributed by atoms with Crippen LogP contribution in [0, 0.1) is 13.8 Å². The number of amides is 2. The number of aromatic nitrogens is 2.